The summed E-state index contributed by atoms with van der Waals surface area (Å²) in [7, 11) is -0.944. The Morgan fingerprint density at radius 2 is 0.697 bits per heavy atom. The fourth-order valence-corrected chi connectivity index (χ4v) is 12.2. The molecule has 0 spiro atoms. The third-order valence-electron chi connectivity index (χ3n) is 18.5. The zero-order valence-electron chi connectivity index (χ0n) is 65.8. The molecule has 35 heteroatoms. The van der Waals surface area contributed by atoms with Crippen molar-refractivity contribution >= 4 is 37.4 Å². The smallest absolute Gasteiger partial charge is 0.394 e. The third-order valence-corrected chi connectivity index (χ3v) is 19.5. The van der Waals surface area contributed by atoms with E-state index in [1.165, 1.54) is 0 Å². The first-order valence-corrected chi connectivity index (χ1v) is 41.0. The quantitative estimate of drug-likeness (QED) is 0.0307. The Bertz CT molecular complexity index is 2140. The Balaban J connectivity index is 0.00000656. The Morgan fingerprint density at radius 1 is 0.404 bits per heavy atom. The summed E-state index contributed by atoms with van der Waals surface area (Å²) in [5, 5.41) is 104. The number of phosphoric acid groups is 1. The maximum Gasteiger partial charge on any atom is 0.471 e. The van der Waals surface area contributed by atoms with Crippen molar-refractivity contribution < 1.29 is 136 Å². The molecule has 3 saturated heterocycles. The van der Waals surface area contributed by atoms with Crippen LogP contribution in [0.3, 0.4) is 0 Å². The molecule has 0 aliphatic carbocycles. The van der Waals surface area contributed by atoms with Crippen molar-refractivity contribution in [3.63, 3.8) is 0 Å². The van der Waals surface area contributed by atoms with E-state index < -0.39 is 131 Å². The van der Waals surface area contributed by atoms with Gasteiger partial charge >= 0.3 is 7.82 Å². The predicted molar refractivity (Wildman–Crippen MR) is 406 cm³/mol. The van der Waals surface area contributed by atoms with E-state index in [0.29, 0.717) is 97.7 Å². The summed E-state index contributed by atoms with van der Waals surface area (Å²) in [5.41, 5.74) is 3.93. The lowest BCUT2D eigenvalue weighted by Gasteiger charge is -2.40. The number of aliphatic hydroxyl groups excluding tert-OH is 9. The fraction of sp³-hybridized carbons (Fsp3) is 0.932. The lowest BCUT2D eigenvalue weighted by molar-refractivity contribution is -0.282. The van der Waals surface area contributed by atoms with Gasteiger partial charge in [-0.2, -0.15) is 0 Å². The number of aliphatic hydroxyl groups is 9. The molecule has 16 atom stereocenters. The van der Waals surface area contributed by atoms with Gasteiger partial charge in [0.15, 0.2) is 18.9 Å². The summed E-state index contributed by atoms with van der Waals surface area (Å²) >= 11 is 0. The molecule has 0 aromatic rings. The van der Waals surface area contributed by atoms with Crippen LogP contribution in [0.2, 0.25) is 0 Å². The second kappa shape index (κ2) is 65.9. The van der Waals surface area contributed by atoms with E-state index in [-0.39, 0.29) is 116 Å². The molecule has 0 saturated carbocycles. The number of phosphoric ester groups is 1. The summed E-state index contributed by atoms with van der Waals surface area (Å²) < 4.78 is 77.3. The number of methoxy groups -OCH3 is 1. The minimum absolute atomic E-state index is 0. The molecule has 109 heavy (non-hydrogen) atoms. The molecule has 3 aliphatic rings. The first-order chi connectivity index (χ1) is 51.9. The molecule has 3 aliphatic heterocycles. The molecule has 0 bridgehead atoms. The molecular weight excluding hydrogens is 1450 g/mol. The van der Waals surface area contributed by atoms with Crippen LogP contribution >= 0.6 is 7.82 Å². The topological polar surface area (TPSA) is 502 Å². The molecule has 0 aromatic carbocycles. The lowest BCUT2D eigenvalue weighted by atomic mass is 9.92. The van der Waals surface area contributed by atoms with Crippen LogP contribution in [-0.4, -0.2) is 299 Å². The molecule has 34 nitrogen and oxygen atoms in total. The van der Waals surface area contributed by atoms with Crippen LogP contribution in [0.5, 0.6) is 0 Å². The average Bonchev–Trinajstić information content (AvgIpc) is 0.834. The number of hydrogen-bond acceptors (Lipinski definition) is 28. The van der Waals surface area contributed by atoms with Crippen LogP contribution in [-0.2, 0) is 85.0 Å². The standard InChI is InChI=1S/C64H119N5O24.C7H18NO4P.C2H6.CH4/c1-44-55(78)58(81)47(38-70)91-61(44)88-32-18-10-6-14-28-66-51(74)24-35-85-41-64(69-54(77)23-21-22-50(73)65-27-13-5-9-17-31-84-4,42-86-36-25-52(75)67-29-15-7-11-19-33-89-62-45(2)56(79)59(82)48(39-71)92-62)43-87-37-26-53(76)68-30-16-8-12-20-34-90-63-46(3)57(80)60(83)49(40-72)93-63;1-11-13(9,10)12-7-5-3-2-4-6-8;1-2;/h44-49,55-63,70-72,78-83H,5-43H2,1-4H3,(H,65,73)(H,66,74)(H,67,75)(H,68,76)(H,69,77);2-8H2,1H3,(H,9,10);1-2H3;1H4/t44?,45?,46?,47?,48?,49?,55-,56-,57-,58+,59+,60+,61-,62-,63-,64?;;;/m1.../s1. The van der Waals surface area contributed by atoms with E-state index in [0.717, 1.165) is 97.0 Å². The molecule has 646 valence electrons. The highest BCUT2D eigenvalue weighted by atomic mass is 31.2. The van der Waals surface area contributed by atoms with Crippen LogP contribution in [0.1, 0.15) is 209 Å². The lowest BCUT2D eigenvalue weighted by Crippen LogP contribution is -2.58. The third kappa shape index (κ3) is 48.0. The predicted octanol–water partition coefficient (Wildman–Crippen LogP) is 2.79. The summed E-state index contributed by atoms with van der Waals surface area (Å²) in [6.45, 7) is 11.6. The van der Waals surface area contributed by atoms with Crippen LogP contribution in [0, 0.1) is 17.8 Å². The number of carbonyl (C=O) groups is 5. The van der Waals surface area contributed by atoms with E-state index in [1.54, 1.807) is 27.9 Å². The molecular formula is C74H147N6O28P. The minimum Gasteiger partial charge on any atom is -0.394 e. The second-order valence-corrected chi connectivity index (χ2v) is 29.2. The number of hydrogen-bond donors (Lipinski definition) is 16. The number of amides is 5. The van der Waals surface area contributed by atoms with Gasteiger partial charge in [0.05, 0.1) is 84.4 Å². The van der Waals surface area contributed by atoms with Crippen molar-refractivity contribution in [2.45, 2.75) is 288 Å². The van der Waals surface area contributed by atoms with E-state index in [1.807, 2.05) is 13.8 Å². The second-order valence-electron chi connectivity index (χ2n) is 27.6. The number of nitrogens with one attached hydrogen (secondary N) is 5. The Kier molecular flexibility index (Phi) is 63.9. The van der Waals surface area contributed by atoms with Crippen molar-refractivity contribution in [3.8, 4) is 0 Å². The summed E-state index contributed by atoms with van der Waals surface area (Å²) in [5.74, 6) is -2.81. The monoisotopic (exact) mass is 1600 g/mol. The Morgan fingerprint density at radius 3 is 1.01 bits per heavy atom. The van der Waals surface area contributed by atoms with Gasteiger partial charge in [0.25, 0.3) is 0 Å². The van der Waals surface area contributed by atoms with Crippen molar-refractivity contribution in [2.24, 2.45) is 23.5 Å². The van der Waals surface area contributed by atoms with E-state index in [9.17, 15) is 74.5 Å². The van der Waals surface area contributed by atoms with Crippen molar-refractivity contribution in [1.29, 1.82) is 0 Å². The summed E-state index contributed by atoms with van der Waals surface area (Å²) in [6.07, 6.45) is 4.70. The van der Waals surface area contributed by atoms with Crippen LogP contribution in [0.4, 0.5) is 0 Å². The largest absolute Gasteiger partial charge is 0.471 e. The van der Waals surface area contributed by atoms with Gasteiger partial charge in [-0.15, -0.1) is 0 Å². The molecule has 17 N–H and O–H groups in total. The summed E-state index contributed by atoms with van der Waals surface area (Å²) in [6, 6.07) is 0. The molecule has 3 fully saturated rings. The minimum atomic E-state index is -3.75. The first kappa shape index (κ1) is 106. The molecule has 0 aromatic heterocycles. The normalized spacial score (nSPS) is 25.0. The van der Waals surface area contributed by atoms with E-state index in [4.69, 9.17) is 58.0 Å². The van der Waals surface area contributed by atoms with Gasteiger partial charge in [0, 0.05) is 117 Å². The Labute approximate surface area is 648 Å². The maximum atomic E-state index is 13.8. The van der Waals surface area contributed by atoms with Crippen molar-refractivity contribution in [1.82, 2.24) is 26.6 Å². The fourth-order valence-electron chi connectivity index (χ4n) is 11.7. The van der Waals surface area contributed by atoms with Crippen LogP contribution in [0.25, 0.3) is 0 Å². The van der Waals surface area contributed by atoms with E-state index >= 15 is 0 Å². The first-order valence-electron chi connectivity index (χ1n) is 39.5. The van der Waals surface area contributed by atoms with E-state index in [2.05, 4.69) is 35.6 Å². The molecule has 5 amide bonds. The highest BCUT2D eigenvalue weighted by Crippen LogP contribution is 2.42. The molecule has 7 unspecified atom stereocenters. The molecule has 0 radical (unpaired) electrons. The maximum absolute atomic E-state index is 13.8. The molecule has 3 rings (SSSR count). The zero-order chi connectivity index (χ0) is 80.4. The van der Waals surface area contributed by atoms with Gasteiger partial charge in [-0.25, -0.2) is 4.57 Å². The van der Waals surface area contributed by atoms with Gasteiger partial charge < -0.3 is 131 Å². The number of nitrogens with two attached hydrogens (primary N) is 1. The van der Waals surface area contributed by atoms with Crippen LogP contribution in [0.15, 0.2) is 0 Å². The number of rotatable bonds is 62. The van der Waals surface area contributed by atoms with Crippen LogP contribution < -0.4 is 32.3 Å². The average molecular weight is 1600 g/mol. The van der Waals surface area contributed by atoms with Gasteiger partial charge in [0.2, 0.25) is 29.5 Å². The van der Waals surface area contributed by atoms with Gasteiger partial charge in [-0.3, -0.25) is 33.0 Å². The number of unbranched alkanes of at least 4 members (excludes halogenated alkanes) is 15. The number of ether oxygens (including phenoxy) is 10. The van der Waals surface area contributed by atoms with Gasteiger partial charge in [-0.1, -0.05) is 106 Å². The highest BCUT2D eigenvalue weighted by Gasteiger charge is 2.45. The van der Waals surface area contributed by atoms with Gasteiger partial charge in [0.1, 0.15) is 42.2 Å². The molecule has 3 heterocycles. The summed E-state index contributed by atoms with van der Waals surface area (Å²) in [4.78, 5) is 74.3. The Hall–Kier alpha value is -3.34. The van der Waals surface area contributed by atoms with Gasteiger partial charge in [-0.05, 0) is 77.2 Å². The van der Waals surface area contributed by atoms with Crippen molar-refractivity contribution in [2.75, 3.05) is 139 Å². The zero-order valence-corrected chi connectivity index (χ0v) is 66.7. The van der Waals surface area contributed by atoms with Crippen molar-refractivity contribution in [3.05, 3.63) is 0 Å². The number of carbonyl (C=O) groups excluding carboxylic acids is 5. The highest BCUT2D eigenvalue weighted by molar-refractivity contribution is 7.47. The SMILES string of the molecule is C.CC.COCCCCCCNC(=O)CCCC(=O)NC(COCCC(=O)NCCCCCCO[C@@H]1OC(CO)[C@H](O)[C@H](O)C1C)(COCCC(=O)NCCCCCCO[C@@H]1OC(CO)[C@H](O)[C@H](O)C1C)COCCC(=O)NCCCCCCO[C@@H]1OC(CO)[C@H](O)[C@H](O)C1C.COP(=O)(O)OCCCCCCN.